The molecule has 0 unspecified atom stereocenters. The van der Waals surface area contributed by atoms with Crippen LogP contribution in [0.3, 0.4) is 0 Å². The lowest BCUT2D eigenvalue weighted by Gasteiger charge is -2.12. The van der Waals surface area contributed by atoms with Gasteiger partial charge >= 0.3 is 0 Å². The number of aromatic nitrogens is 3. The van der Waals surface area contributed by atoms with Crippen molar-refractivity contribution in [3.8, 4) is 22.8 Å². The maximum absolute atomic E-state index is 11.4. The summed E-state index contributed by atoms with van der Waals surface area (Å²) in [5.41, 5.74) is 7.27. The number of benzene rings is 2. The fourth-order valence-electron chi connectivity index (χ4n) is 2.33. The minimum atomic E-state index is -0.666. The van der Waals surface area contributed by atoms with Crippen LogP contribution in [0.1, 0.15) is 16.1 Å². The molecule has 3 rings (SSSR count). The fourth-order valence-corrected chi connectivity index (χ4v) is 2.54. The minimum Gasteiger partial charge on any atom is -0.493 e. The topological polar surface area (TPSA) is 103 Å². The van der Waals surface area contributed by atoms with E-state index in [9.17, 15) is 4.79 Å². The van der Waals surface area contributed by atoms with E-state index in [4.69, 9.17) is 26.8 Å². The van der Waals surface area contributed by atoms with E-state index in [0.717, 1.165) is 5.56 Å². The summed E-state index contributed by atoms with van der Waals surface area (Å²) in [5.74, 6) is 0.384. The van der Waals surface area contributed by atoms with Crippen LogP contribution in [0.5, 0.6) is 11.5 Å². The molecule has 2 aromatic carbocycles. The summed E-state index contributed by atoms with van der Waals surface area (Å²) in [5, 5.41) is 10.8. The maximum atomic E-state index is 11.4. The molecule has 0 atom stereocenters. The average molecular weight is 359 g/mol. The Labute approximate surface area is 148 Å². The highest BCUT2D eigenvalue weighted by atomic mass is 35.5. The van der Waals surface area contributed by atoms with Gasteiger partial charge in [0.15, 0.2) is 17.2 Å². The zero-order valence-electron chi connectivity index (χ0n) is 13.3. The first-order valence-electron chi connectivity index (χ1n) is 7.34. The standard InChI is InChI=1S/C17H15ClN4O3/c1-24-13-6-5-11(15-16(17(19)23)21-22-20-15)8-14(13)25-9-10-3-2-4-12(18)7-10/h2-8H,9H2,1H3,(H2,19,23)(H,20,21,22). The van der Waals surface area contributed by atoms with E-state index < -0.39 is 5.91 Å². The molecular weight excluding hydrogens is 344 g/mol. The summed E-state index contributed by atoms with van der Waals surface area (Å²) >= 11 is 5.98. The van der Waals surface area contributed by atoms with E-state index >= 15 is 0 Å². The smallest absolute Gasteiger partial charge is 0.271 e. The van der Waals surface area contributed by atoms with Crippen LogP contribution < -0.4 is 15.2 Å². The average Bonchev–Trinajstić information content (AvgIpc) is 3.10. The van der Waals surface area contributed by atoms with Gasteiger partial charge in [0.05, 0.1) is 7.11 Å². The van der Waals surface area contributed by atoms with Crippen LogP contribution >= 0.6 is 11.6 Å². The Kier molecular flexibility index (Phi) is 4.85. The molecule has 0 aliphatic heterocycles. The van der Waals surface area contributed by atoms with E-state index in [2.05, 4.69) is 15.4 Å². The van der Waals surface area contributed by atoms with Gasteiger partial charge in [-0.05, 0) is 35.9 Å². The van der Waals surface area contributed by atoms with Gasteiger partial charge in [0.1, 0.15) is 12.3 Å². The number of carbonyl (C=O) groups is 1. The Morgan fingerprint density at radius 1 is 1.20 bits per heavy atom. The predicted molar refractivity (Wildman–Crippen MR) is 92.7 cm³/mol. The number of rotatable bonds is 6. The SMILES string of the molecule is COc1ccc(-c2n[nH]nc2C(N)=O)cc1OCc1cccc(Cl)c1. The molecule has 1 aromatic heterocycles. The third-order valence-corrected chi connectivity index (χ3v) is 3.74. The number of primary amides is 1. The molecule has 8 heteroatoms. The molecule has 0 bridgehead atoms. The van der Waals surface area contributed by atoms with Crippen molar-refractivity contribution in [1.29, 1.82) is 0 Å². The van der Waals surface area contributed by atoms with Crippen molar-refractivity contribution in [2.75, 3.05) is 7.11 Å². The highest BCUT2D eigenvalue weighted by Gasteiger charge is 2.17. The third-order valence-electron chi connectivity index (χ3n) is 3.50. The Morgan fingerprint density at radius 2 is 2.04 bits per heavy atom. The predicted octanol–water partition coefficient (Wildman–Crippen LogP) is 2.81. The van der Waals surface area contributed by atoms with Crippen molar-refractivity contribution < 1.29 is 14.3 Å². The van der Waals surface area contributed by atoms with Crippen molar-refractivity contribution in [3.05, 3.63) is 58.7 Å². The molecule has 1 heterocycles. The Morgan fingerprint density at radius 3 is 2.76 bits per heavy atom. The Hall–Kier alpha value is -3.06. The van der Waals surface area contributed by atoms with Gasteiger partial charge < -0.3 is 15.2 Å². The minimum absolute atomic E-state index is 0.0611. The molecular formula is C17H15ClN4O3. The number of carbonyl (C=O) groups excluding carboxylic acids is 1. The summed E-state index contributed by atoms with van der Waals surface area (Å²) in [6.45, 7) is 0.307. The molecule has 0 spiro atoms. The van der Waals surface area contributed by atoms with Gasteiger partial charge in [-0.15, -0.1) is 0 Å². The second-order valence-corrected chi connectivity index (χ2v) is 5.61. The number of methoxy groups -OCH3 is 1. The van der Waals surface area contributed by atoms with E-state index in [1.165, 1.54) is 0 Å². The number of amides is 1. The Bertz CT molecular complexity index is 910. The summed E-state index contributed by atoms with van der Waals surface area (Å²) in [6.07, 6.45) is 0. The zero-order valence-corrected chi connectivity index (χ0v) is 14.1. The number of H-pyrrole nitrogens is 1. The van der Waals surface area contributed by atoms with Crippen LogP contribution in [0.2, 0.25) is 5.02 Å². The summed E-state index contributed by atoms with van der Waals surface area (Å²) in [6, 6.07) is 12.6. The van der Waals surface area contributed by atoms with Crippen LogP contribution in [0, 0.1) is 0 Å². The van der Waals surface area contributed by atoms with Crippen LogP contribution in [-0.4, -0.2) is 28.4 Å². The van der Waals surface area contributed by atoms with Gasteiger partial charge in [-0.1, -0.05) is 23.7 Å². The second-order valence-electron chi connectivity index (χ2n) is 5.17. The summed E-state index contributed by atoms with van der Waals surface area (Å²) < 4.78 is 11.2. The number of nitrogens with two attached hydrogens (primary N) is 1. The first kappa shape index (κ1) is 16.8. The second kappa shape index (κ2) is 7.23. The van der Waals surface area contributed by atoms with Crippen molar-refractivity contribution in [3.63, 3.8) is 0 Å². The quantitative estimate of drug-likeness (QED) is 0.705. The van der Waals surface area contributed by atoms with E-state index in [0.29, 0.717) is 34.4 Å². The number of hydrogen-bond donors (Lipinski definition) is 2. The number of halogens is 1. The first-order valence-corrected chi connectivity index (χ1v) is 7.72. The van der Waals surface area contributed by atoms with Gasteiger partial charge in [-0.3, -0.25) is 4.79 Å². The van der Waals surface area contributed by atoms with Crippen molar-refractivity contribution in [2.24, 2.45) is 5.73 Å². The lowest BCUT2D eigenvalue weighted by Crippen LogP contribution is -2.12. The molecule has 3 N–H and O–H groups in total. The van der Waals surface area contributed by atoms with Gasteiger partial charge in [0.2, 0.25) is 0 Å². The molecule has 0 saturated heterocycles. The van der Waals surface area contributed by atoms with Crippen molar-refractivity contribution in [1.82, 2.24) is 15.4 Å². The largest absolute Gasteiger partial charge is 0.493 e. The number of nitrogens with one attached hydrogen (secondary N) is 1. The number of nitrogens with zero attached hydrogens (tertiary/aromatic N) is 2. The molecule has 0 aliphatic rings. The van der Waals surface area contributed by atoms with Crippen LogP contribution in [-0.2, 0) is 6.61 Å². The molecule has 25 heavy (non-hydrogen) atoms. The van der Waals surface area contributed by atoms with Gasteiger partial charge in [0, 0.05) is 10.6 Å². The lowest BCUT2D eigenvalue weighted by atomic mass is 10.1. The molecule has 0 saturated carbocycles. The fraction of sp³-hybridized carbons (Fsp3) is 0.118. The summed E-state index contributed by atoms with van der Waals surface area (Å²) in [4.78, 5) is 11.4. The highest BCUT2D eigenvalue weighted by molar-refractivity contribution is 6.30. The first-order chi connectivity index (χ1) is 12.1. The van der Waals surface area contributed by atoms with E-state index in [1.807, 2.05) is 18.2 Å². The van der Waals surface area contributed by atoms with Gasteiger partial charge in [-0.25, -0.2) is 0 Å². The Balaban J connectivity index is 1.90. The molecule has 7 nitrogen and oxygen atoms in total. The molecule has 0 aliphatic carbocycles. The van der Waals surface area contributed by atoms with E-state index in [1.54, 1.807) is 31.4 Å². The van der Waals surface area contributed by atoms with Crippen molar-refractivity contribution in [2.45, 2.75) is 6.61 Å². The number of aromatic amines is 1. The van der Waals surface area contributed by atoms with Gasteiger partial charge in [0.25, 0.3) is 5.91 Å². The molecule has 0 fully saturated rings. The lowest BCUT2D eigenvalue weighted by molar-refractivity contribution is 0.0996. The van der Waals surface area contributed by atoms with Crippen LogP contribution in [0.4, 0.5) is 0 Å². The summed E-state index contributed by atoms with van der Waals surface area (Å²) in [7, 11) is 1.55. The molecule has 0 radical (unpaired) electrons. The van der Waals surface area contributed by atoms with Crippen molar-refractivity contribution >= 4 is 17.5 Å². The van der Waals surface area contributed by atoms with Crippen LogP contribution in [0.25, 0.3) is 11.3 Å². The van der Waals surface area contributed by atoms with Crippen LogP contribution in [0.15, 0.2) is 42.5 Å². The number of ether oxygens (including phenoxy) is 2. The van der Waals surface area contributed by atoms with Gasteiger partial charge in [-0.2, -0.15) is 15.4 Å². The molecule has 1 amide bonds. The molecule has 3 aromatic rings. The maximum Gasteiger partial charge on any atom is 0.271 e. The monoisotopic (exact) mass is 358 g/mol. The number of hydrogen-bond acceptors (Lipinski definition) is 5. The normalized spacial score (nSPS) is 10.5. The van der Waals surface area contributed by atoms with E-state index in [-0.39, 0.29) is 5.69 Å². The highest BCUT2D eigenvalue weighted by Crippen LogP contribution is 2.33. The zero-order chi connectivity index (χ0) is 17.8. The molecule has 128 valence electrons. The third kappa shape index (κ3) is 3.72.